The molecule has 0 aliphatic heterocycles. The van der Waals surface area contributed by atoms with Crippen LogP contribution in [0.15, 0.2) is 0 Å². The Morgan fingerprint density at radius 3 is 1.90 bits per heavy atom. The first-order valence-electron chi connectivity index (χ1n) is 3.44. The molecule has 0 bridgehead atoms. The third-order valence-corrected chi connectivity index (χ3v) is 1.79. The van der Waals surface area contributed by atoms with Gasteiger partial charge in [-0.25, -0.2) is 0 Å². The SMILES string of the molecule is CC[C@@H](O)[C@H](C)N(C)C.[V]. The molecular formula is C7H17NOV. The summed E-state index contributed by atoms with van der Waals surface area (Å²) in [6.07, 6.45) is 0.652. The molecule has 0 aromatic carbocycles. The van der Waals surface area contributed by atoms with E-state index in [0.717, 1.165) is 6.42 Å². The Hall–Kier alpha value is 0.504. The molecular weight excluding hydrogens is 165 g/mol. The van der Waals surface area contributed by atoms with Gasteiger partial charge in [-0.2, -0.15) is 0 Å². The second-order valence-corrected chi connectivity index (χ2v) is 2.68. The maximum atomic E-state index is 9.26. The Balaban J connectivity index is 0. The van der Waals surface area contributed by atoms with E-state index in [1.54, 1.807) is 0 Å². The van der Waals surface area contributed by atoms with Gasteiger partial charge in [0.2, 0.25) is 0 Å². The fourth-order valence-electron chi connectivity index (χ4n) is 0.685. The van der Waals surface area contributed by atoms with Crippen molar-refractivity contribution in [2.75, 3.05) is 14.1 Å². The molecule has 0 spiro atoms. The van der Waals surface area contributed by atoms with Gasteiger partial charge < -0.3 is 10.0 Å². The van der Waals surface area contributed by atoms with E-state index in [0.29, 0.717) is 0 Å². The van der Waals surface area contributed by atoms with Gasteiger partial charge in [0.15, 0.2) is 0 Å². The standard InChI is InChI=1S/C7H17NO.V/c1-5-7(9)6(2)8(3)4;/h6-7,9H,5H2,1-4H3;/t6-,7+;/m0./s1. The van der Waals surface area contributed by atoms with Crippen molar-refractivity contribution in [1.82, 2.24) is 4.90 Å². The summed E-state index contributed by atoms with van der Waals surface area (Å²) in [5, 5.41) is 9.26. The molecule has 0 saturated carbocycles. The molecule has 1 N–H and O–H groups in total. The summed E-state index contributed by atoms with van der Waals surface area (Å²) < 4.78 is 0. The fourth-order valence-corrected chi connectivity index (χ4v) is 0.685. The first-order chi connectivity index (χ1) is 4.09. The summed E-state index contributed by atoms with van der Waals surface area (Å²) in [4.78, 5) is 2.02. The van der Waals surface area contributed by atoms with E-state index < -0.39 is 0 Å². The Kier molecular flexibility index (Phi) is 8.17. The first-order valence-corrected chi connectivity index (χ1v) is 3.44. The third kappa shape index (κ3) is 4.34. The number of likely N-dealkylation sites (N-methyl/N-ethyl adjacent to an activating group) is 1. The Bertz CT molecular complexity index is 78.0. The van der Waals surface area contributed by atoms with Gasteiger partial charge in [0.05, 0.1) is 6.10 Å². The summed E-state index contributed by atoms with van der Waals surface area (Å²) in [6, 6.07) is 0.273. The maximum absolute atomic E-state index is 9.26. The second-order valence-electron chi connectivity index (χ2n) is 2.68. The summed E-state index contributed by atoms with van der Waals surface area (Å²) >= 11 is 0. The van der Waals surface area contributed by atoms with Crippen LogP contribution >= 0.6 is 0 Å². The van der Waals surface area contributed by atoms with Crippen LogP contribution < -0.4 is 0 Å². The number of rotatable bonds is 3. The summed E-state index contributed by atoms with van der Waals surface area (Å²) in [6.45, 7) is 4.01. The van der Waals surface area contributed by atoms with Gasteiger partial charge in [-0.15, -0.1) is 0 Å². The van der Waals surface area contributed by atoms with Crippen molar-refractivity contribution in [2.45, 2.75) is 32.4 Å². The number of hydrogen-bond donors (Lipinski definition) is 1. The third-order valence-electron chi connectivity index (χ3n) is 1.79. The van der Waals surface area contributed by atoms with Crippen LogP contribution in [-0.4, -0.2) is 36.2 Å². The smallest absolute Gasteiger partial charge is 0.0689 e. The zero-order valence-corrected chi connectivity index (χ0v) is 8.60. The van der Waals surface area contributed by atoms with Gasteiger partial charge in [-0.05, 0) is 27.4 Å². The van der Waals surface area contributed by atoms with Crippen molar-refractivity contribution in [3.05, 3.63) is 0 Å². The van der Waals surface area contributed by atoms with E-state index in [-0.39, 0.29) is 30.7 Å². The van der Waals surface area contributed by atoms with Crippen LogP contribution in [0.3, 0.4) is 0 Å². The van der Waals surface area contributed by atoms with Crippen LogP contribution in [0.4, 0.5) is 0 Å². The van der Waals surface area contributed by atoms with Crippen LogP contribution in [0.25, 0.3) is 0 Å². The average molecular weight is 182 g/mol. The van der Waals surface area contributed by atoms with Gasteiger partial charge in [-0.1, -0.05) is 6.92 Å². The van der Waals surface area contributed by atoms with E-state index in [4.69, 9.17) is 0 Å². The van der Waals surface area contributed by atoms with Gasteiger partial charge in [0.1, 0.15) is 0 Å². The minimum absolute atomic E-state index is 0. The van der Waals surface area contributed by atoms with Crippen molar-refractivity contribution in [3.63, 3.8) is 0 Å². The topological polar surface area (TPSA) is 23.5 Å². The number of aliphatic hydroxyl groups is 1. The van der Waals surface area contributed by atoms with Gasteiger partial charge >= 0.3 is 0 Å². The van der Waals surface area contributed by atoms with Crippen molar-refractivity contribution in [2.24, 2.45) is 0 Å². The zero-order valence-electron chi connectivity index (χ0n) is 7.20. The molecule has 2 atom stereocenters. The van der Waals surface area contributed by atoms with Crippen LogP contribution in [0.5, 0.6) is 0 Å². The van der Waals surface area contributed by atoms with Crippen LogP contribution in [-0.2, 0) is 18.6 Å². The average Bonchev–Trinajstić information content (AvgIpc) is 1.84. The molecule has 0 amide bonds. The summed E-state index contributed by atoms with van der Waals surface area (Å²) in [5.74, 6) is 0. The molecule has 0 aliphatic rings. The van der Waals surface area contributed by atoms with Crippen molar-refractivity contribution >= 4 is 0 Å². The second kappa shape index (κ2) is 6.23. The molecule has 0 aliphatic carbocycles. The molecule has 0 aromatic rings. The van der Waals surface area contributed by atoms with E-state index in [2.05, 4.69) is 0 Å². The molecule has 3 heteroatoms. The molecule has 0 fully saturated rings. The normalized spacial score (nSPS) is 16.2. The Labute approximate surface area is 75.5 Å². The zero-order chi connectivity index (χ0) is 7.44. The molecule has 1 radical (unpaired) electrons. The first kappa shape index (κ1) is 13.1. The molecule has 2 nitrogen and oxygen atoms in total. The van der Waals surface area contributed by atoms with Crippen LogP contribution in [0.2, 0.25) is 0 Å². The minimum Gasteiger partial charge on any atom is -0.392 e. The van der Waals surface area contributed by atoms with Gasteiger partial charge in [0.25, 0.3) is 0 Å². The largest absolute Gasteiger partial charge is 0.392 e. The summed E-state index contributed by atoms with van der Waals surface area (Å²) in [7, 11) is 3.95. The van der Waals surface area contributed by atoms with Gasteiger partial charge in [-0.3, -0.25) is 0 Å². The monoisotopic (exact) mass is 182 g/mol. The Morgan fingerprint density at radius 2 is 1.80 bits per heavy atom. The van der Waals surface area contributed by atoms with E-state index >= 15 is 0 Å². The van der Waals surface area contributed by atoms with E-state index in [1.165, 1.54) is 0 Å². The summed E-state index contributed by atoms with van der Waals surface area (Å²) in [5.41, 5.74) is 0. The predicted molar refractivity (Wildman–Crippen MR) is 39.4 cm³/mol. The molecule has 0 aromatic heterocycles. The molecule has 0 unspecified atom stereocenters. The Morgan fingerprint density at radius 1 is 1.40 bits per heavy atom. The maximum Gasteiger partial charge on any atom is 0.0689 e. The predicted octanol–water partition coefficient (Wildman–Crippen LogP) is 0.705. The fraction of sp³-hybridized carbons (Fsp3) is 1.00. The molecule has 10 heavy (non-hydrogen) atoms. The van der Waals surface area contributed by atoms with Crippen LogP contribution in [0, 0.1) is 0 Å². The van der Waals surface area contributed by atoms with Crippen molar-refractivity contribution in [3.8, 4) is 0 Å². The van der Waals surface area contributed by atoms with Crippen molar-refractivity contribution in [1.29, 1.82) is 0 Å². The van der Waals surface area contributed by atoms with Gasteiger partial charge in [0, 0.05) is 24.6 Å². The van der Waals surface area contributed by atoms with Crippen LogP contribution in [0.1, 0.15) is 20.3 Å². The minimum atomic E-state index is -0.181. The number of nitrogens with zero attached hydrogens (tertiary/aromatic N) is 1. The van der Waals surface area contributed by atoms with E-state index in [9.17, 15) is 5.11 Å². The molecule has 0 rings (SSSR count). The quantitative estimate of drug-likeness (QED) is 0.694. The van der Waals surface area contributed by atoms with E-state index in [1.807, 2.05) is 32.8 Å². The molecule has 0 saturated heterocycles. The molecule has 0 heterocycles. The molecule has 61 valence electrons. The number of aliphatic hydroxyl groups excluding tert-OH is 1. The number of hydrogen-bond acceptors (Lipinski definition) is 2. The van der Waals surface area contributed by atoms with Crippen molar-refractivity contribution < 1.29 is 23.7 Å².